The number of piperidine rings is 1. The Morgan fingerprint density at radius 1 is 1.04 bits per heavy atom. The van der Waals surface area contributed by atoms with Crippen molar-refractivity contribution in [2.45, 2.75) is 19.5 Å². The van der Waals surface area contributed by atoms with Crippen molar-refractivity contribution in [2.24, 2.45) is 17.8 Å². The van der Waals surface area contributed by atoms with Gasteiger partial charge in [-0.15, -0.1) is 26.3 Å². The zero-order valence-corrected chi connectivity index (χ0v) is 16.0. The van der Waals surface area contributed by atoms with Gasteiger partial charge < -0.3 is 10.1 Å². The molecule has 0 radical (unpaired) electrons. The summed E-state index contributed by atoms with van der Waals surface area (Å²) < 4.78 is 40.5. The first-order valence-corrected chi connectivity index (χ1v) is 9.70. The number of fused-ring (bicyclic) bond motifs is 1. The van der Waals surface area contributed by atoms with Gasteiger partial charge in [0.25, 0.3) is 0 Å². The van der Waals surface area contributed by atoms with Gasteiger partial charge >= 0.3 is 6.36 Å². The van der Waals surface area contributed by atoms with E-state index in [2.05, 4.69) is 9.64 Å². The molecule has 2 aromatic rings. The summed E-state index contributed by atoms with van der Waals surface area (Å²) in [4.78, 5) is 2.36. The molecule has 2 fully saturated rings. The smallest absolute Gasteiger partial charge is 0.573 e. The summed E-state index contributed by atoms with van der Waals surface area (Å²) in [6.07, 6.45) is -4.65. The maximum atomic E-state index is 12.2. The van der Waals surface area contributed by atoms with Crippen LogP contribution in [0.15, 0.2) is 48.5 Å². The van der Waals surface area contributed by atoms with Gasteiger partial charge in [0, 0.05) is 24.7 Å². The van der Waals surface area contributed by atoms with E-state index in [4.69, 9.17) is 16.9 Å². The topological polar surface area (TPSA) is 26.6 Å². The predicted molar refractivity (Wildman–Crippen MR) is 102 cm³/mol. The van der Waals surface area contributed by atoms with Crippen molar-refractivity contribution in [3.8, 4) is 5.75 Å². The van der Waals surface area contributed by atoms with E-state index >= 15 is 0 Å². The highest BCUT2D eigenvalue weighted by Gasteiger charge is 2.52. The summed E-state index contributed by atoms with van der Waals surface area (Å²) in [5.74, 6) is 1.87. The summed E-state index contributed by atoms with van der Waals surface area (Å²) >= 11 is 5.99. The van der Waals surface area contributed by atoms with E-state index in [-0.39, 0.29) is 5.75 Å². The number of halogens is 4. The Labute approximate surface area is 167 Å². The minimum atomic E-state index is -4.65. The Balaban J connectivity index is 1.18. The van der Waals surface area contributed by atoms with Crippen LogP contribution in [0.3, 0.4) is 0 Å². The van der Waals surface area contributed by atoms with E-state index in [1.165, 1.54) is 12.1 Å². The average molecular weight is 410 g/mol. The van der Waals surface area contributed by atoms with Gasteiger partial charge in [-0.05, 0) is 41.7 Å². The number of hydrogen-bond donors (Lipinski definition) is 0. The normalized spacial score (nSPS) is 24.2. The minimum absolute atomic E-state index is 0.179. The van der Waals surface area contributed by atoms with Gasteiger partial charge in [0.15, 0.2) is 0 Å². The monoisotopic (exact) mass is 409 g/mol. The molecule has 3 nitrogen and oxygen atoms in total. The molecule has 0 amide bonds. The number of hydrogen-bond acceptors (Lipinski definition) is 2. The van der Waals surface area contributed by atoms with Crippen LogP contribution in [0.4, 0.5) is 13.2 Å². The second-order valence-corrected chi connectivity index (χ2v) is 8.01. The summed E-state index contributed by atoms with van der Waals surface area (Å²) in [5.41, 5.74) is 2.14. The quantitative estimate of drug-likeness (QED) is 0.604. The van der Waals surface area contributed by atoms with Gasteiger partial charge in [0.05, 0.1) is 0 Å². The molecule has 1 aliphatic heterocycles. The molecule has 2 aliphatic rings. The van der Waals surface area contributed by atoms with Crippen LogP contribution in [0.2, 0.25) is 5.02 Å². The fourth-order valence-electron chi connectivity index (χ4n) is 4.17. The molecule has 1 saturated heterocycles. The fourth-order valence-corrected chi connectivity index (χ4v) is 4.38. The highest BCUT2D eigenvalue weighted by Crippen LogP contribution is 2.52. The SMILES string of the molecule is FC(F)(F)Oc1ccc(CN2CC3C(C[N-]Cc4cccc(Cl)c4)C3C2)cc1. The van der Waals surface area contributed by atoms with Crippen LogP contribution in [0, 0.1) is 17.8 Å². The zero-order valence-electron chi connectivity index (χ0n) is 15.2. The molecule has 2 aromatic carbocycles. The van der Waals surface area contributed by atoms with Crippen molar-refractivity contribution < 1.29 is 17.9 Å². The lowest BCUT2D eigenvalue weighted by Gasteiger charge is -2.24. The Morgan fingerprint density at radius 2 is 1.75 bits per heavy atom. The molecule has 4 rings (SSSR count). The number of nitrogens with zero attached hydrogens (tertiary/aromatic N) is 2. The lowest BCUT2D eigenvalue weighted by Crippen LogP contribution is -2.24. The second kappa shape index (κ2) is 7.93. The maximum absolute atomic E-state index is 12.2. The predicted octanol–water partition coefficient (Wildman–Crippen LogP) is 5.49. The van der Waals surface area contributed by atoms with Crippen LogP contribution >= 0.6 is 11.6 Å². The third-order valence-electron chi connectivity index (χ3n) is 5.53. The molecular weight excluding hydrogens is 389 g/mol. The summed E-state index contributed by atoms with van der Waals surface area (Å²) in [6, 6.07) is 13.9. The molecule has 0 aromatic heterocycles. The molecule has 1 saturated carbocycles. The van der Waals surface area contributed by atoms with Crippen LogP contribution in [0.25, 0.3) is 5.32 Å². The minimum Gasteiger partial charge on any atom is -0.658 e. The zero-order chi connectivity index (χ0) is 19.7. The maximum Gasteiger partial charge on any atom is 0.573 e. The lowest BCUT2D eigenvalue weighted by atomic mass is 10.2. The molecule has 2 atom stereocenters. The van der Waals surface area contributed by atoms with E-state index in [0.717, 1.165) is 42.3 Å². The van der Waals surface area contributed by atoms with Crippen LogP contribution in [-0.4, -0.2) is 30.9 Å². The number of alkyl halides is 3. The fraction of sp³-hybridized carbons (Fsp3) is 0.429. The molecule has 0 N–H and O–H groups in total. The highest BCUT2D eigenvalue weighted by molar-refractivity contribution is 6.30. The Bertz CT molecular complexity index is 800. The first-order chi connectivity index (χ1) is 13.4. The molecule has 1 heterocycles. The van der Waals surface area contributed by atoms with Crippen molar-refractivity contribution >= 4 is 11.6 Å². The number of rotatable bonds is 7. The van der Waals surface area contributed by atoms with Gasteiger partial charge in [-0.3, -0.25) is 4.90 Å². The van der Waals surface area contributed by atoms with Crippen LogP contribution in [0.1, 0.15) is 11.1 Å². The Hall–Kier alpha value is -1.76. The van der Waals surface area contributed by atoms with Crippen molar-refractivity contribution in [1.29, 1.82) is 0 Å². The molecule has 0 spiro atoms. The van der Waals surface area contributed by atoms with Gasteiger partial charge in [-0.1, -0.05) is 47.3 Å². The lowest BCUT2D eigenvalue weighted by molar-refractivity contribution is -0.274. The summed E-state index contributed by atoms with van der Waals surface area (Å²) in [7, 11) is 0. The van der Waals surface area contributed by atoms with Gasteiger partial charge in [0.2, 0.25) is 0 Å². The van der Waals surface area contributed by atoms with E-state index in [1.807, 2.05) is 24.3 Å². The van der Waals surface area contributed by atoms with Crippen molar-refractivity contribution in [1.82, 2.24) is 4.90 Å². The molecule has 1 aliphatic carbocycles. The van der Waals surface area contributed by atoms with E-state index < -0.39 is 6.36 Å². The number of ether oxygens (including phenoxy) is 1. The first-order valence-electron chi connectivity index (χ1n) is 9.32. The molecule has 28 heavy (non-hydrogen) atoms. The van der Waals surface area contributed by atoms with Crippen LogP contribution in [0.5, 0.6) is 5.75 Å². The van der Waals surface area contributed by atoms with Crippen molar-refractivity contribution in [3.63, 3.8) is 0 Å². The summed E-state index contributed by atoms with van der Waals surface area (Å²) in [6.45, 7) is 4.41. The molecule has 150 valence electrons. The highest BCUT2D eigenvalue weighted by atomic mass is 35.5. The molecular formula is C21H21ClF3N2O-. The van der Waals surface area contributed by atoms with Gasteiger partial charge in [-0.2, -0.15) is 0 Å². The van der Waals surface area contributed by atoms with Crippen LogP contribution in [-0.2, 0) is 13.1 Å². The van der Waals surface area contributed by atoms with E-state index in [0.29, 0.717) is 24.3 Å². The van der Waals surface area contributed by atoms with E-state index in [1.54, 1.807) is 12.1 Å². The number of likely N-dealkylation sites (tertiary alicyclic amines) is 1. The second-order valence-electron chi connectivity index (χ2n) is 7.57. The van der Waals surface area contributed by atoms with Crippen molar-refractivity contribution in [3.05, 3.63) is 70.0 Å². The first kappa shape index (κ1) is 19.6. The third kappa shape index (κ3) is 4.99. The van der Waals surface area contributed by atoms with Crippen LogP contribution < -0.4 is 4.74 Å². The van der Waals surface area contributed by atoms with Crippen molar-refractivity contribution in [2.75, 3.05) is 19.6 Å². The molecule has 2 unspecified atom stereocenters. The largest absolute Gasteiger partial charge is 0.658 e. The molecule has 7 heteroatoms. The van der Waals surface area contributed by atoms with E-state index in [9.17, 15) is 13.2 Å². The Morgan fingerprint density at radius 3 is 2.39 bits per heavy atom. The number of benzene rings is 2. The summed E-state index contributed by atoms with van der Waals surface area (Å²) in [5, 5.41) is 5.43. The van der Waals surface area contributed by atoms with Gasteiger partial charge in [-0.25, -0.2) is 0 Å². The standard InChI is InChI=1S/C21H21ClF3N2O/c22-16-3-1-2-15(8-16)9-26-10-18-19-12-27(13-20(18)19)11-14-4-6-17(7-5-14)28-21(23,24)25/h1-8,18-20H,9-13H2/q-1. The average Bonchev–Trinajstić information content (AvgIpc) is 3.07. The molecule has 0 bridgehead atoms. The third-order valence-corrected chi connectivity index (χ3v) is 5.77. The Kier molecular flexibility index (Phi) is 5.54. The van der Waals surface area contributed by atoms with Gasteiger partial charge in [0.1, 0.15) is 5.75 Å².